The summed E-state index contributed by atoms with van der Waals surface area (Å²) < 4.78 is 0. The molecule has 0 fully saturated rings. The first kappa shape index (κ1) is 19.0. The van der Waals surface area contributed by atoms with Gasteiger partial charge < -0.3 is 10.6 Å². The van der Waals surface area contributed by atoms with Crippen molar-refractivity contribution in [2.24, 2.45) is 0 Å². The van der Waals surface area contributed by atoms with Crippen LogP contribution in [0.15, 0.2) is 42.5 Å². The SMILES string of the molecule is Cc1ccc(Cl)cc1NC(=O)CC(=O)Nc1ccccc1C(C)(C)C. The van der Waals surface area contributed by atoms with Gasteiger partial charge in [-0.25, -0.2) is 0 Å². The number of para-hydroxylation sites is 1. The first-order valence-electron chi connectivity index (χ1n) is 8.12. The number of carbonyl (C=O) groups excluding carboxylic acids is 2. The van der Waals surface area contributed by atoms with Crippen LogP contribution in [-0.2, 0) is 15.0 Å². The molecule has 2 aromatic rings. The van der Waals surface area contributed by atoms with E-state index in [1.807, 2.05) is 37.3 Å². The molecule has 0 radical (unpaired) electrons. The molecule has 5 heteroatoms. The Labute approximate surface area is 153 Å². The van der Waals surface area contributed by atoms with Gasteiger partial charge in [0.25, 0.3) is 0 Å². The molecule has 2 N–H and O–H groups in total. The average molecular weight is 359 g/mol. The summed E-state index contributed by atoms with van der Waals surface area (Å²) in [5, 5.41) is 6.09. The second-order valence-electron chi connectivity index (χ2n) is 7.03. The molecule has 0 bridgehead atoms. The van der Waals surface area contributed by atoms with Crippen LogP contribution >= 0.6 is 11.6 Å². The van der Waals surface area contributed by atoms with Crippen LogP contribution in [0.1, 0.15) is 38.3 Å². The Hall–Kier alpha value is -2.33. The maximum absolute atomic E-state index is 12.2. The summed E-state index contributed by atoms with van der Waals surface area (Å²) in [5.41, 5.74) is 3.14. The number of hydrogen-bond donors (Lipinski definition) is 2. The molecule has 2 rings (SSSR count). The van der Waals surface area contributed by atoms with Crippen LogP contribution < -0.4 is 10.6 Å². The summed E-state index contributed by atoms with van der Waals surface area (Å²) in [6.07, 6.45) is -0.259. The summed E-state index contributed by atoms with van der Waals surface area (Å²) in [7, 11) is 0. The number of rotatable bonds is 4. The van der Waals surface area contributed by atoms with Gasteiger partial charge in [-0.3, -0.25) is 9.59 Å². The summed E-state index contributed by atoms with van der Waals surface area (Å²) in [4.78, 5) is 24.4. The molecule has 0 unspecified atom stereocenters. The molecule has 0 aliphatic carbocycles. The first-order chi connectivity index (χ1) is 11.7. The van der Waals surface area contributed by atoms with Crippen molar-refractivity contribution in [1.82, 2.24) is 0 Å². The fourth-order valence-corrected chi connectivity index (χ4v) is 2.68. The third-order valence-corrected chi connectivity index (χ3v) is 4.04. The Morgan fingerprint density at radius 3 is 2.20 bits per heavy atom. The average Bonchev–Trinajstić information content (AvgIpc) is 2.50. The molecular weight excluding hydrogens is 336 g/mol. The van der Waals surface area contributed by atoms with Crippen molar-refractivity contribution < 1.29 is 9.59 Å². The lowest BCUT2D eigenvalue weighted by Crippen LogP contribution is -2.23. The van der Waals surface area contributed by atoms with Gasteiger partial charge in [-0.2, -0.15) is 0 Å². The van der Waals surface area contributed by atoms with Crippen molar-refractivity contribution in [1.29, 1.82) is 0 Å². The van der Waals surface area contributed by atoms with E-state index in [1.54, 1.807) is 12.1 Å². The lowest BCUT2D eigenvalue weighted by atomic mass is 9.86. The minimum absolute atomic E-state index is 0.107. The normalized spacial score (nSPS) is 11.1. The zero-order chi connectivity index (χ0) is 18.6. The topological polar surface area (TPSA) is 58.2 Å². The predicted molar refractivity (Wildman–Crippen MR) is 103 cm³/mol. The van der Waals surface area contributed by atoms with E-state index in [-0.39, 0.29) is 23.7 Å². The Morgan fingerprint density at radius 1 is 0.960 bits per heavy atom. The summed E-state index contributed by atoms with van der Waals surface area (Å²) in [6.45, 7) is 8.09. The van der Waals surface area contributed by atoms with Crippen LogP contribution in [0.25, 0.3) is 0 Å². The predicted octanol–water partition coefficient (Wildman–Crippen LogP) is 4.91. The fraction of sp³-hybridized carbons (Fsp3) is 0.300. The summed E-state index contributed by atoms with van der Waals surface area (Å²) in [5.74, 6) is -0.731. The molecule has 0 aromatic heterocycles. The van der Waals surface area contributed by atoms with Gasteiger partial charge in [0.2, 0.25) is 11.8 Å². The highest BCUT2D eigenvalue weighted by Crippen LogP contribution is 2.29. The second kappa shape index (κ2) is 7.70. The van der Waals surface area contributed by atoms with Gasteiger partial charge in [0, 0.05) is 16.4 Å². The fourth-order valence-electron chi connectivity index (χ4n) is 2.51. The van der Waals surface area contributed by atoms with E-state index in [1.165, 1.54) is 0 Å². The molecular formula is C20H23ClN2O2. The highest BCUT2D eigenvalue weighted by molar-refractivity contribution is 6.31. The molecule has 0 atom stereocenters. The summed E-state index contributed by atoms with van der Waals surface area (Å²) >= 11 is 5.94. The molecule has 2 aromatic carbocycles. The van der Waals surface area contributed by atoms with Gasteiger partial charge in [0.15, 0.2) is 0 Å². The maximum atomic E-state index is 12.2. The van der Waals surface area contributed by atoms with Gasteiger partial charge in [-0.05, 0) is 41.7 Å². The molecule has 0 saturated heterocycles. The van der Waals surface area contributed by atoms with E-state index in [0.717, 1.165) is 16.8 Å². The van der Waals surface area contributed by atoms with Gasteiger partial charge in [-0.1, -0.05) is 56.6 Å². The Morgan fingerprint density at radius 2 is 1.56 bits per heavy atom. The molecule has 0 aliphatic rings. The Bertz CT molecular complexity index is 795. The molecule has 2 amide bonds. The van der Waals surface area contributed by atoms with Crippen LogP contribution in [0, 0.1) is 6.92 Å². The second-order valence-corrected chi connectivity index (χ2v) is 7.46. The van der Waals surface area contributed by atoms with Crippen molar-refractivity contribution in [3.05, 3.63) is 58.6 Å². The number of nitrogens with one attached hydrogen (secondary N) is 2. The summed E-state index contributed by atoms with van der Waals surface area (Å²) in [6, 6.07) is 12.9. The van der Waals surface area contributed by atoms with Crippen LogP contribution in [0.4, 0.5) is 11.4 Å². The monoisotopic (exact) mass is 358 g/mol. The van der Waals surface area contributed by atoms with Crippen LogP contribution in [0.3, 0.4) is 0 Å². The smallest absolute Gasteiger partial charge is 0.233 e. The number of benzene rings is 2. The van der Waals surface area contributed by atoms with E-state index in [2.05, 4.69) is 31.4 Å². The van der Waals surface area contributed by atoms with E-state index in [9.17, 15) is 9.59 Å². The number of amides is 2. The zero-order valence-electron chi connectivity index (χ0n) is 14.9. The molecule has 0 heterocycles. The Kier molecular flexibility index (Phi) is 5.85. The third-order valence-electron chi connectivity index (χ3n) is 3.80. The lowest BCUT2D eigenvalue weighted by Gasteiger charge is -2.23. The highest BCUT2D eigenvalue weighted by atomic mass is 35.5. The van der Waals surface area contributed by atoms with Gasteiger partial charge >= 0.3 is 0 Å². The van der Waals surface area contributed by atoms with Crippen LogP contribution in [-0.4, -0.2) is 11.8 Å². The van der Waals surface area contributed by atoms with E-state index >= 15 is 0 Å². The first-order valence-corrected chi connectivity index (χ1v) is 8.50. The number of aryl methyl sites for hydroxylation is 1. The van der Waals surface area contributed by atoms with Crippen molar-refractivity contribution >= 4 is 34.8 Å². The van der Waals surface area contributed by atoms with Crippen LogP contribution in [0.5, 0.6) is 0 Å². The number of halogens is 1. The minimum Gasteiger partial charge on any atom is -0.325 e. The van der Waals surface area contributed by atoms with E-state index < -0.39 is 0 Å². The molecule has 132 valence electrons. The molecule has 0 aliphatic heterocycles. The number of anilines is 2. The van der Waals surface area contributed by atoms with Crippen molar-refractivity contribution in [3.8, 4) is 0 Å². The Balaban J connectivity index is 2.03. The van der Waals surface area contributed by atoms with E-state index in [0.29, 0.717) is 10.7 Å². The third kappa shape index (κ3) is 5.33. The number of hydrogen-bond acceptors (Lipinski definition) is 2. The maximum Gasteiger partial charge on any atom is 0.233 e. The lowest BCUT2D eigenvalue weighted by molar-refractivity contribution is -0.123. The van der Waals surface area contributed by atoms with E-state index in [4.69, 9.17) is 11.6 Å². The minimum atomic E-state index is -0.379. The quantitative estimate of drug-likeness (QED) is 0.762. The highest BCUT2D eigenvalue weighted by Gasteiger charge is 2.19. The van der Waals surface area contributed by atoms with Gasteiger partial charge in [0.1, 0.15) is 6.42 Å². The zero-order valence-corrected chi connectivity index (χ0v) is 15.7. The van der Waals surface area contributed by atoms with Crippen LogP contribution in [0.2, 0.25) is 5.02 Å². The molecule has 0 saturated carbocycles. The largest absolute Gasteiger partial charge is 0.325 e. The molecule has 0 spiro atoms. The van der Waals surface area contributed by atoms with Crippen molar-refractivity contribution in [2.75, 3.05) is 10.6 Å². The van der Waals surface area contributed by atoms with Crippen molar-refractivity contribution in [2.45, 2.75) is 39.5 Å². The van der Waals surface area contributed by atoms with Gasteiger partial charge in [0.05, 0.1) is 0 Å². The van der Waals surface area contributed by atoms with Gasteiger partial charge in [-0.15, -0.1) is 0 Å². The van der Waals surface area contributed by atoms with Crippen molar-refractivity contribution in [3.63, 3.8) is 0 Å². The number of carbonyl (C=O) groups is 2. The molecule has 4 nitrogen and oxygen atoms in total. The molecule has 25 heavy (non-hydrogen) atoms. The standard InChI is InChI=1S/C20H23ClN2O2/c1-13-9-10-14(21)11-17(13)23-19(25)12-18(24)22-16-8-6-5-7-15(16)20(2,3)4/h5-11H,12H2,1-4H3,(H,22,24)(H,23,25).